The normalized spacial score (nSPS) is 13.8. The molecule has 4 heteroatoms. The van der Waals surface area contributed by atoms with E-state index in [1.54, 1.807) is 13.8 Å². The molecule has 1 N–H and O–H groups in total. The molecule has 94 valence electrons. The Bertz CT molecular complexity index is 391. The minimum Gasteiger partial charge on any atom is -0.512 e. The zero-order valence-electron chi connectivity index (χ0n) is 9.75. The van der Waals surface area contributed by atoms with Gasteiger partial charge < -0.3 is 5.11 Å². The molecule has 0 aromatic heterocycles. The smallest absolute Gasteiger partial charge is 0.412 e. The van der Waals surface area contributed by atoms with Crippen molar-refractivity contribution in [2.75, 3.05) is 0 Å². The Balaban J connectivity index is 2.85. The van der Waals surface area contributed by atoms with Gasteiger partial charge in [-0.3, -0.25) is 0 Å². The fourth-order valence-corrected chi connectivity index (χ4v) is 1.55. The molecule has 0 heterocycles. The van der Waals surface area contributed by atoms with Crippen molar-refractivity contribution in [2.45, 2.75) is 26.4 Å². The van der Waals surface area contributed by atoms with Crippen LogP contribution in [0.5, 0.6) is 0 Å². The zero-order chi connectivity index (χ0) is 13.1. The van der Waals surface area contributed by atoms with Gasteiger partial charge >= 0.3 is 6.18 Å². The lowest BCUT2D eigenvalue weighted by molar-refractivity contribution is -0.0835. The van der Waals surface area contributed by atoms with E-state index in [2.05, 4.69) is 0 Å². The summed E-state index contributed by atoms with van der Waals surface area (Å²) < 4.78 is 36.4. The molecular weight excluding hydrogens is 229 g/mol. The van der Waals surface area contributed by atoms with E-state index in [-0.39, 0.29) is 6.08 Å². The van der Waals surface area contributed by atoms with Gasteiger partial charge in [0.1, 0.15) is 5.76 Å². The van der Waals surface area contributed by atoms with Crippen molar-refractivity contribution >= 4 is 0 Å². The number of aliphatic hydroxyl groups excluding tert-OH is 1. The molecule has 1 aromatic carbocycles. The van der Waals surface area contributed by atoms with Gasteiger partial charge in [-0.15, -0.1) is 0 Å². The molecule has 0 saturated carbocycles. The van der Waals surface area contributed by atoms with Crippen molar-refractivity contribution in [2.24, 2.45) is 5.41 Å². The van der Waals surface area contributed by atoms with Crippen LogP contribution in [-0.2, 0) is 6.42 Å². The van der Waals surface area contributed by atoms with Crippen molar-refractivity contribution in [3.05, 3.63) is 47.7 Å². The number of aliphatic hydroxyl groups is 1. The van der Waals surface area contributed by atoms with Crippen molar-refractivity contribution in [1.82, 2.24) is 0 Å². The van der Waals surface area contributed by atoms with Crippen LogP contribution < -0.4 is 0 Å². The second-order valence-corrected chi connectivity index (χ2v) is 4.62. The fraction of sp³-hybridized carbons (Fsp3) is 0.385. The summed E-state index contributed by atoms with van der Waals surface area (Å²) in [6.07, 6.45) is -4.18. The Kier molecular flexibility index (Phi) is 3.86. The molecule has 0 spiro atoms. The maximum Gasteiger partial charge on any atom is 0.412 e. The van der Waals surface area contributed by atoms with Gasteiger partial charge in [-0.05, 0) is 12.0 Å². The monoisotopic (exact) mass is 244 g/mol. The molecule has 0 atom stereocenters. The first-order valence-corrected chi connectivity index (χ1v) is 5.24. The summed E-state index contributed by atoms with van der Waals surface area (Å²) in [5, 5.41) is 9.52. The van der Waals surface area contributed by atoms with Gasteiger partial charge in [0, 0.05) is 5.41 Å². The summed E-state index contributed by atoms with van der Waals surface area (Å²) in [7, 11) is 0. The number of hydrogen-bond acceptors (Lipinski definition) is 1. The van der Waals surface area contributed by atoms with Crippen LogP contribution in [0.1, 0.15) is 19.4 Å². The summed E-state index contributed by atoms with van der Waals surface area (Å²) in [4.78, 5) is 0. The minimum absolute atomic E-state index is 0.0457. The molecule has 0 aliphatic heterocycles. The summed E-state index contributed by atoms with van der Waals surface area (Å²) in [5.74, 6) is -0.645. The highest BCUT2D eigenvalue weighted by molar-refractivity contribution is 5.19. The quantitative estimate of drug-likeness (QED) is 0.788. The maximum absolute atomic E-state index is 12.1. The molecule has 1 nitrogen and oxygen atoms in total. The van der Waals surface area contributed by atoms with Crippen LogP contribution in [0.25, 0.3) is 0 Å². The Morgan fingerprint density at radius 1 is 1.18 bits per heavy atom. The molecule has 0 saturated heterocycles. The molecule has 0 radical (unpaired) electrons. The molecule has 0 fully saturated rings. The first-order chi connectivity index (χ1) is 7.71. The average molecular weight is 244 g/mol. The van der Waals surface area contributed by atoms with Crippen LogP contribution in [-0.4, -0.2) is 11.3 Å². The SMILES string of the molecule is CC(C)(Cc1ccccc1)/C(O)=C/C(F)(F)F. The Labute approximate surface area is 98.6 Å². The van der Waals surface area contributed by atoms with Gasteiger partial charge in [0.15, 0.2) is 0 Å². The fourth-order valence-electron chi connectivity index (χ4n) is 1.55. The predicted octanol–water partition coefficient (Wildman–Crippen LogP) is 4.26. The zero-order valence-corrected chi connectivity index (χ0v) is 9.75. The molecular formula is C13H15F3O. The number of rotatable bonds is 3. The number of benzene rings is 1. The van der Waals surface area contributed by atoms with Crippen LogP contribution in [0.4, 0.5) is 13.2 Å². The third-order valence-electron chi connectivity index (χ3n) is 2.48. The highest BCUT2D eigenvalue weighted by Gasteiger charge is 2.31. The Morgan fingerprint density at radius 3 is 2.18 bits per heavy atom. The van der Waals surface area contributed by atoms with Gasteiger partial charge in [-0.2, -0.15) is 13.2 Å². The third kappa shape index (κ3) is 4.51. The lowest BCUT2D eigenvalue weighted by atomic mass is 9.83. The highest BCUT2D eigenvalue weighted by Crippen LogP contribution is 2.32. The largest absolute Gasteiger partial charge is 0.512 e. The van der Waals surface area contributed by atoms with Crippen LogP contribution in [0.15, 0.2) is 42.2 Å². The molecule has 0 unspecified atom stereocenters. The van der Waals surface area contributed by atoms with Crippen molar-refractivity contribution < 1.29 is 18.3 Å². The van der Waals surface area contributed by atoms with E-state index in [0.29, 0.717) is 6.42 Å². The first-order valence-electron chi connectivity index (χ1n) is 5.24. The predicted molar refractivity (Wildman–Crippen MR) is 60.7 cm³/mol. The lowest BCUT2D eigenvalue weighted by Gasteiger charge is -2.24. The maximum atomic E-state index is 12.1. The molecule has 0 aliphatic carbocycles. The van der Waals surface area contributed by atoms with Crippen molar-refractivity contribution in [3.63, 3.8) is 0 Å². The first kappa shape index (κ1) is 13.6. The highest BCUT2D eigenvalue weighted by atomic mass is 19.4. The topological polar surface area (TPSA) is 20.2 Å². The summed E-state index contributed by atoms with van der Waals surface area (Å²) >= 11 is 0. The van der Waals surface area contributed by atoms with Crippen molar-refractivity contribution in [1.29, 1.82) is 0 Å². The van der Waals surface area contributed by atoms with Crippen molar-refractivity contribution in [3.8, 4) is 0 Å². The third-order valence-corrected chi connectivity index (χ3v) is 2.48. The average Bonchev–Trinajstić information content (AvgIpc) is 2.15. The van der Waals surface area contributed by atoms with E-state index in [1.807, 2.05) is 30.3 Å². The molecule has 1 rings (SSSR count). The molecule has 17 heavy (non-hydrogen) atoms. The number of alkyl halides is 3. The van der Waals surface area contributed by atoms with Gasteiger partial charge in [0.2, 0.25) is 0 Å². The van der Waals surface area contributed by atoms with E-state index in [1.165, 1.54) is 0 Å². The van der Waals surface area contributed by atoms with Gasteiger partial charge in [-0.1, -0.05) is 44.2 Å². The summed E-state index contributed by atoms with van der Waals surface area (Å²) in [5.41, 5.74) is -0.0451. The van der Waals surface area contributed by atoms with Gasteiger partial charge in [0.25, 0.3) is 0 Å². The summed E-state index contributed by atoms with van der Waals surface area (Å²) in [6, 6.07) is 9.11. The Morgan fingerprint density at radius 2 is 1.71 bits per heavy atom. The number of allylic oxidation sites excluding steroid dienone is 2. The molecule has 1 aromatic rings. The second kappa shape index (κ2) is 4.82. The second-order valence-electron chi connectivity index (χ2n) is 4.62. The number of halogens is 3. The standard InChI is InChI=1S/C13H15F3O/c1-12(2,11(17)9-13(14,15)16)8-10-6-4-3-5-7-10/h3-7,9,17H,8H2,1-2H3/b11-9-. The van der Waals surface area contributed by atoms with E-state index >= 15 is 0 Å². The minimum atomic E-state index is -4.49. The van der Waals surface area contributed by atoms with E-state index in [0.717, 1.165) is 5.56 Å². The van der Waals surface area contributed by atoms with E-state index < -0.39 is 17.4 Å². The van der Waals surface area contributed by atoms with Crippen LogP contribution in [0.2, 0.25) is 0 Å². The van der Waals surface area contributed by atoms with Gasteiger partial charge in [-0.25, -0.2) is 0 Å². The molecule has 0 bridgehead atoms. The van der Waals surface area contributed by atoms with Crippen LogP contribution >= 0.6 is 0 Å². The molecule has 0 aliphatic rings. The molecule has 0 amide bonds. The van der Waals surface area contributed by atoms with E-state index in [4.69, 9.17) is 0 Å². The van der Waals surface area contributed by atoms with E-state index in [9.17, 15) is 18.3 Å². The summed E-state index contributed by atoms with van der Waals surface area (Å²) in [6.45, 7) is 3.16. The van der Waals surface area contributed by atoms with Gasteiger partial charge in [0.05, 0.1) is 6.08 Å². The number of hydrogen-bond donors (Lipinski definition) is 1. The van der Waals surface area contributed by atoms with Crippen LogP contribution in [0, 0.1) is 5.41 Å². The Hall–Kier alpha value is -1.45. The lowest BCUT2D eigenvalue weighted by Crippen LogP contribution is -2.20. The van der Waals surface area contributed by atoms with Crippen LogP contribution in [0.3, 0.4) is 0 Å².